The van der Waals surface area contributed by atoms with Gasteiger partial charge >= 0.3 is 0 Å². The molecule has 1 aromatic carbocycles. The van der Waals surface area contributed by atoms with E-state index in [4.69, 9.17) is 21.1 Å². The van der Waals surface area contributed by atoms with E-state index in [2.05, 4.69) is 21.8 Å². The van der Waals surface area contributed by atoms with Crippen LogP contribution in [0.1, 0.15) is 11.4 Å². The van der Waals surface area contributed by atoms with E-state index >= 15 is 0 Å². The summed E-state index contributed by atoms with van der Waals surface area (Å²) in [5, 5.41) is 0. The Labute approximate surface area is 122 Å². The number of rotatable bonds is 4. The summed E-state index contributed by atoms with van der Waals surface area (Å²) in [6.07, 6.45) is 3.35. The Morgan fingerprint density at radius 1 is 1.25 bits per heavy atom. The molecule has 1 aromatic heterocycles. The highest BCUT2D eigenvalue weighted by Gasteiger charge is 2.05. The summed E-state index contributed by atoms with van der Waals surface area (Å²) < 4.78 is 10.9. The second-order valence-corrected chi connectivity index (χ2v) is 4.02. The lowest BCUT2D eigenvalue weighted by Crippen LogP contribution is -2.01. The van der Waals surface area contributed by atoms with Crippen molar-refractivity contribution in [2.45, 2.75) is 6.61 Å². The summed E-state index contributed by atoms with van der Waals surface area (Å²) >= 11 is 5.58. The maximum Gasteiger partial charge on any atom is 0.166 e. The standard InChI is InChI=1S/C15H13ClN2O2/c1-19-13-5-6-14(12(10-13)4-2-7-16)20-11-15-17-8-3-9-18-15/h3,5-6,8-10H,7,11H2,1H3. The van der Waals surface area contributed by atoms with Gasteiger partial charge in [-0.3, -0.25) is 0 Å². The minimum Gasteiger partial charge on any atom is -0.497 e. The second kappa shape index (κ2) is 7.37. The fraction of sp³-hybridized carbons (Fsp3) is 0.200. The van der Waals surface area contributed by atoms with Crippen molar-refractivity contribution in [1.29, 1.82) is 0 Å². The first-order valence-corrected chi connectivity index (χ1v) is 6.48. The van der Waals surface area contributed by atoms with Crippen LogP contribution in [0.3, 0.4) is 0 Å². The molecule has 0 saturated carbocycles. The summed E-state index contributed by atoms with van der Waals surface area (Å²) in [4.78, 5) is 8.20. The Morgan fingerprint density at radius 2 is 2.05 bits per heavy atom. The fourth-order valence-electron chi connectivity index (χ4n) is 1.54. The van der Waals surface area contributed by atoms with Crippen molar-refractivity contribution in [3.63, 3.8) is 0 Å². The Balaban J connectivity index is 2.17. The largest absolute Gasteiger partial charge is 0.497 e. The quantitative estimate of drug-likeness (QED) is 0.641. The van der Waals surface area contributed by atoms with Gasteiger partial charge < -0.3 is 9.47 Å². The summed E-state index contributed by atoms with van der Waals surface area (Å²) in [6, 6.07) is 7.18. The molecule has 0 bridgehead atoms. The molecule has 20 heavy (non-hydrogen) atoms. The molecular formula is C15H13ClN2O2. The SMILES string of the molecule is COc1ccc(OCc2ncccn2)c(C#CCCl)c1. The van der Waals surface area contributed by atoms with E-state index < -0.39 is 0 Å². The van der Waals surface area contributed by atoms with Gasteiger partial charge in [0.25, 0.3) is 0 Å². The van der Waals surface area contributed by atoms with Gasteiger partial charge in [0.15, 0.2) is 5.82 Å². The molecule has 0 fully saturated rings. The van der Waals surface area contributed by atoms with E-state index in [1.54, 1.807) is 37.7 Å². The molecule has 0 spiro atoms. The molecule has 0 radical (unpaired) electrons. The van der Waals surface area contributed by atoms with Gasteiger partial charge in [0, 0.05) is 12.4 Å². The van der Waals surface area contributed by atoms with Crippen molar-refractivity contribution in [3.8, 4) is 23.3 Å². The maximum absolute atomic E-state index is 5.69. The van der Waals surface area contributed by atoms with E-state index in [0.717, 1.165) is 5.56 Å². The average molecular weight is 289 g/mol. The Bertz CT molecular complexity index is 621. The van der Waals surface area contributed by atoms with Crippen LogP contribution in [-0.2, 0) is 6.61 Å². The first-order valence-electron chi connectivity index (χ1n) is 5.95. The molecule has 0 aliphatic carbocycles. The molecule has 2 aromatic rings. The third-order valence-electron chi connectivity index (χ3n) is 2.45. The molecule has 102 valence electrons. The van der Waals surface area contributed by atoms with Crippen molar-refractivity contribution >= 4 is 11.6 Å². The third-order valence-corrected chi connectivity index (χ3v) is 2.59. The highest BCUT2D eigenvalue weighted by atomic mass is 35.5. The molecule has 2 rings (SSSR count). The fourth-order valence-corrected chi connectivity index (χ4v) is 1.60. The van der Waals surface area contributed by atoms with Gasteiger partial charge in [0.2, 0.25) is 0 Å². The van der Waals surface area contributed by atoms with Gasteiger partial charge in [-0.1, -0.05) is 11.8 Å². The number of nitrogens with zero attached hydrogens (tertiary/aromatic N) is 2. The number of hydrogen-bond donors (Lipinski definition) is 0. The highest BCUT2D eigenvalue weighted by molar-refractivity contribution is 6.19. The molecule has 1 heterocycles. The smallest absolute Gasteiger partial charge is 0.166 e. The zero-order chi connectivity index (χ0) is 14.2. The van der Waals surface area contributed by atoms with Crippen LogP contribution < -0.4 is 9.47 Å². The minimum atomic E-state index is 0.262. The number of hydrogen-bond acceptors (Lipinski definition) is 4. The summed E-state index contributed by atoms with van der Waals surface area (Å²) in [5.41, 5.74) is 0.723. The van der Waals surface area contributed by atoms with Crippen LogP contribution in [0, 0.1) is 11.8 Å². The first kappa shape index (κ1) is 14.2. The van der Waals surface area contributed by atoms with E-state index in [1.165, 1.54) is 0 Å². The topological polar surface area (TPSA) is 44.2 Å². The number of halogens is 1. The van der Waals surface area contributed by atoms with Gasteiger partial charge in [-0.05, 0) is 24.3 Å². The monoisotopic (exact) mass is 288 g/mol. The van der Waals surface area contributed by atoms with Crippen molar-refractivity contribution in [2.75, 3.05) is 13.0 Å². The minimum absolute atomic E-state index is 0.262. The third kappa shape index (κ3) is 3.87. The molecule has 0 N–H and O–H groups in total. The average Bonchev–Trinajstić information content (AvgIpc) is 2.52. The van der Waals surface area contributed by atoms with Crippen LogP contribution >= 0.6 is 11.6 Å². The molecule has 0 amide bonds. The van der Waals surface area contributed by atoms with Crippen LogP contribution in [-0.4, -0.2) is 23.0 Å². The van der Waals surface area contributed by atoms with Crippen molar-refractivity contribution in [1.82, 2.24) is 9.97 Å². The molecular weight excluding hydrogens is 276 g/mol. The van der Waals surface area contributed by atoms with Gasteiger partial charge in [0.05, 0.1) is 18.6 Å². The molecule has 4 nitrogen and oxygen atoms in total. The normalized spacial score (nSPS) is 9.50. The van der Waals surface area contributed by atoms with Crippen LogP contribution in [0.4, 0.5) is 0 Å². The summed E-state index contributed by atoms with van der Waals surface area (Å²) in [5.74, 6) is 7.99. The molecule has 0 aliphatic heterocycles. The lowest BCUT2D eigenvalue weighted by atomic mass is 10.2. The van der Waals surface area contributed by atoms with E-state index in [0.29, 0.717) is 17.3 Å². The lowest BCUT2D eigenvalue weighted by molar-refractivity contribution is 0.294. The number of aromatic nitrogens is 2. The van der Waals surface area contributed by atoms with Gasteiger partial charge in [0.1, 0.15) is 18.1 Å². The van der Waals surface area contributed by atoms with Crippen LogP contribution in [0.25, 0.3) is 0 Å². The Hall–Kier alpha value is -2.25. The molecule has 0 saturated heterocycles. The zero-order valence-corrected chi connectivity index (χ0v) is 11.7. The zero-order valence-electron chi connectivity index (χ0n) is 11.0. The first-order chi connectivity index (χ1) is 9.83. The number of methoxy groups -OCH3 is 1. The van der Waals surface area contributed by atoms with E-state index in [1.807, 2.05) is 6.07 Å². The number of alkyl halides is 1. The van der Waals surface area contributed by atoms with E-state index in [9.17, 15) is 0 Å². The Morgan fingerprint density at radius 3 is 2.75 bits per heavy atom. The molecule has 0 unspecified atom stereocenters. The summed E-state index contributed by atoms with van der Waals surface area (Å²) in [6.45, 7) is 0.280. The van der Waals surface area contributed by atoms with Gasteiger partial charge in [-0.15, -0.1) is 11.6 Å². The van der Waals surface area contributed by atoms with Gasteiger partial charge in [-0.2, -0.15) is 0 Å². The van der Waals surface area contributed by atoms with Crippen LogP contribution in [0.15, 0.2) is 36.7 Å². The number of benzene rings is 1. The molecule has 0 atom stereocenters. The predicted molar refractivity (Wildman–Crippen MR) is 77.0 cm³/mol. The summed E-state index contributed by atoms with van der Waals surface area (Å²) in [7, 11) is 1.60. The number of ether oxygens (including phenoxy) is 2. The van der Waals surface area contributed by atoms with Crippen molar-refractivity contribution in [2.24, 2.45) is 0 Å². The Kier molecular flexibility index (Phi) is 5.22. The lowest BCUT2D eigenvalue weighted by Gasteiger charge is -2.09. The van der Waals surface area contributed by atoms with E-state index in [-0.39, 0.29) is 12.5 Å². The molecule has 5 heteroatoms. The van der Waals surface area contributed by atoms with Crippen LogP contribution in [0.5, 0.6) is 11.5 Å². The van der Waals surface area contributed by atoms with Gasteiger partial charge in [-0.25, -0.2) is 9.97 Å². The maximum atomic E-state index is 5.69. The second-order valence-electron chi connectivity index (χ2n) is 3.75. The molecule has 0 aliphatic rings. The van der Waals surface area contributed by atoms with Crippen LogP contribution in [0.2, 0.25) is 0 Å². The predicted octanol–water partition coefficient (Wildman–Crippen LogP) is 2.65. The highest BCUT2D eigenvalue weighted by Crippen LogP contribution is 2.24. The van der Waals surface area contributed by atoms with Crippen molar-refractivity contribution in [3.05, 3.63) is 48.0 Å². The van der Waals surface area contributed by atoms with Crippen molar-refractivity contribution < 1.29 is 9.47 Å².